The van der Waals surface area contributed by atoms with Gasteiger partial charge in [0.05, 0.1) is 16.3 Å². The van der Waals surface area contributed by atoms with Gasteiger partial charge in [-0.1, -0.05) is 60.7 Å². The van der Waals surface area contributed by atoms with Crippen LogP contribution in [0.15, 0.2) is 72.1 Å². The maximum absolute atomic E-state index is 12.4. The van der Waals surface area contributed by atoms with Gasteiger partial charge in [0.15, 0.2) is 0 Å². The highest BCUT2D eigenvalue weighted by molar-refractivity contribution is 7.88. The number of carbonyl (C=O) groups is 4. The fourth-order valence-electron chi connectivity index (χ4n) is 3.38. The third-order valence-corrected chi connectivity index (χ3v) is 7.56. The summed E-state index contributed by atoms with van der Waals surface area (Å²) in [6, 6.07) is 17.2. The molecule has 2 aromatic carbocycles. The van der Waals surface area contributed by atoms with Gasteiger partial charge in [-0.2, -0.15) is 4.72 Å². The van der Waals surface area contributed by atoms with Crippen molar-refractivity contribution in [2.75, 3.05) is 18.4 Å². The van der Waals surface area contributed by atoms with Gasteiger partial charge in [-0.3, -0.25) is 19.7 Å². The van der Waals surface area contributed by atoms with Crippen molar-refractivity contribution in [2.45, 2.75) is 24.8 Å². The zero-order valence-corrected chi connectivity index (χ0v) is 22.9. The summed E-state index contributed by atoms with van der Waals surface area (Å²) < 4.78 is 26.7. The number of anilines is 1. The standard InChI is InChI=1S/C26H29N5O7S2/c32-22(28-15-21(25(34)35)31-40(37,38)17-19-9-5-2-6-10-19)11-12-27-24(33)20-13-23(39-16-20)30-26(36)29-14-18-7-3-1-4-8-18/h1-10,13,16,21,31H,11-12,14-15,17H2,(H,27,33)(H,28,32)(H,34,35)(H2,29,30,36)/t21-/m0/s1. The number of hydrogen-bond acceptors (Lipinski definition) is 7. The summed E-state index contributed by atoms with van der Waals surface area (Å²) in [4.78, 5) is 48.1. The number of aliphatic carboxylic acids is 1. The Bertz CT molecular complexity index is 1410. The molecule has 1 atom stereocenters. The summed E-state index contributed by atoms with van der Waals surface area (Å²) >= 11 is 1.16. The lowest BCUT2D eigenvalue weighted by Gasteiger charge is -2.16. The van der Waals surface area contributed by atoms with Crippen LogP contribution in [0.5, 0.6) is 0 Å². The molecule has 1 aromatic heterocycles. The van der Waals surface area contributed by atoms with Gasteiger partial charge in [0.2, 0.25) is 15.9 Å². The molecule has 0 aliphatic heterocycles. The first kappa shape index (κ1) is 30.3. The van der Waals surface area contributed by atoms with Gasteiger partial charge in [0, 0.05) is 31.4 Å². The third-order valence-electron chi connectivity index (χ3n) is 5.35. The van der Waals surface area contributed by atoms with Crippen molar-refractivity contribution in [3.8, 4) is 0 Å². The van der Waals surface area contributed by atoms with E-state index in [-0.39, 0.29) is 13.0 Å². The number of carboxylic acids is 1. The van der Waals surface area contributed by atoms with Crippen LogP contribution in [-0.2, 0) is 31.9 Å². The van der Waals surface area contributed by atoms with Crippen molar-refractivity contribution >= 4 is 50.2 Å². The molecule has 3 aromatic rings. The molecule has 212 valence electrons. The minimum Gasteiger partial charge on any atom is -0.480 e. The summed E-state index contributed by atoms with van der Waals surface area (Å²) in [5.74, 6) is -2.88. The molecule has 0 aliphatic rings. The second-order valence-electron chi connectivity index (χ2n) is 8.56. The maximum atomic E-state index is 12.4. The number of rotatable bonds is 14. The monoisotopic (exact) mass is 587 g/mol. The molecular formula is C26H29N5O7S2. The normalized spacial score (nSPS) is 11.7. The molecule has 0 saturated heterocycles. The number of carbonyl (C=O) groups excluding carboxylic acids is 3. The van der Waals surface area contributed by atoms with Gasteiger partial charge in [0.1, 0.15) is 6.04 Å². The number of nitrogens with one attached hydrogen (secondary N) is 5. The Morgan fingerprint density at radius 2 is 1.52 bits per heavy atom. The maximum Gasteiger partial charge on any atom is 0.323 e. The lowest BCUT2D eigenvalue weighted by atomic mass is 10.2. The van der Waals surface area contributed by atoms with Crippen LogP contribution < -0.4 is 26.0 Å². The van der Waals surface area contributed by atoms with Crippen LogP contribution in [0, 0.1) is 0 Å². The topological polar surface area (TPSA) is 183 Å². The van der Waals surface area contributed by atoms with E-state index < -0.39 is 52.2 Å². The molecule has 3 rings (SSSR count). The van der Waals surface area contributed by atoms with E-state index in [2.05, 4.69) is 26.0 Å². The highest BCUT2D eigenvalue weighted by Crippen LogP contribution is 2.20. The molecule has 0 spiro atoms. The second-order valence-corrected chi connectivity index (χ2v) is 11.2. The van der Waals surface area contributed by atoms with Crippen LogP contribution in [0.4, 0.5) is 9.80 Å². The highest BCUT2D eigenvalue weighted by Gasteiger charge is 2.25. The summed E-state index contributed by atoms with van der Waals surface area (Å²) in [5, 5.41) is 21.7. The molecule has 0 unspecified atom stereocenters. The minimum absolute atomic E-state index is 0.0433. The molecule has 12 nitrogen and oxygen atoms in total. The number of amides is 4. The summed E-state index contributed by atoms with van der Waals surface area (Å²) in [7, 11) is -3.98. The predicted octanol–water partition coefficient (Wildman–Crippen LogP) is 1.88. The molecule has 0 saturated carbocycles. The summed E-state index contributed by atoms with van der Waals surface area (Å²) in [6.07, 6.45) is -0.161. The fraction of sp³-hybridized carbons (Fsp3) is 0.231. The average Bonchev–Trinajstić information content (AvgIpc) is 3.39. The van der Waals surface area contributed by atoms with E-state index in [1.807, 2.05) is 30.3 Å². The smallest absolute Gasteiger partial charge is 0.323 e. The van der Waals surface area contributed by atoms with Gasteiger partial charge < -0.3 is 21.1 Å². The average molecular weight is 588 g/mol. The molecule has 0 aliphatic carbocycles. The Morgan fingerprint density at radius 3 is 2.17 bits per heavy atom. The van der Waals surface area contributed by atoms with Crippen molar-refractivity contribution in [1.82, 2.24) is 20.7 Å². The van der Waals surface area contributed by atoms with Crippen molar-refractivity contribution in [3.63, 3.8) is 0 Å². The van der Waals surface area contributed by atoms with Crippen molar-refractivity contribution in [3.05, 3.63) is 88.8 Å². The first-order chi connectivity index (χ1) is 19.1. The number of carboxylic acid groups (broad SMARTS) is 1. The predicted molar refractivity (Wildman–Crippen MR) is 150 cm³/mol. The zero-order valence-electron chi connectivity index (χ0n) is 21.3. The Morgan fingerprint density at radius 1 is 0.875 bits per heavy atom. The van der Waals surface area contributed by atoms with Crippen LogP contribution in [0.25, 0.3) is 0 Å². The van der Waals surface area contributed by atoms with Crippen molar-refractivity contribution in [2.24, 2.45) is 0 Å². The number of sulfonamides is 1. The van der Waals surface area contributed by atoms with Crippen molar-refractivity contribution in [1.29, 1.82) is 0 Å². The van der Waals surface area contributed by atoms with Gasteiger partial charge in [0.25, 0.3) is 5.91 Å². The first-order valence-electron chi connectivity index (χ1n) is 12.1. The first-order valence-corrected chi connectivity index (χ1v) is 14.6. The number of hydrogen-bond donors (Lipinski definition) is 6. The number of benzene rings is 2. The lowest BCUT2D eigenvalue weighted by Crippen LogP contribution is -2.48. The molecular weight excluding hydrogens is 558 g/mol. The van der Waals surface area contributed by atoms with E-state index in [1.54, 1.807) is 35.7 Å². The largest absolute Gasteiger partial charge is 0.480 e. The van der Waals surface area contributed by atoms with E-state index in [4.69, 9.17) is 0 Å². The molecule has 1 heterocycles. The van der Waals surface area contributed by atoms with Crippen LogP contribution in [0.2, 0.25) is 0 Å². The highest BCUT2D eigenvalue weighted by atomic mass is 32.2. The van der Waals surface area contributed by atoms with Gasteiger partial charge in [-0.25, -0.2) is 13.2 Å². The van der Waals surface area contributed by atoms with Crippen LogP contribution >= 0.6 is 11.3 Å². The van der Waals surface area contributed by atoms with Crippen LogP contribution in [-0.4, -0.2) is 56.5 Å². The Kier molecular flexibility index (Phi) is 11.2. The third kappa shape index (κ3) is 10.5. The Hall–Kier alpha value is -4.27. The fourth-order valence-corrected chi connectivity index (χ4v) is 5.49. The van der Waals surface area contributed by atoms with Gasteiger partial charge >= 0.3 is 12.0 Å². The zero-order chi connectivity index (χ0) is 29.0. The molecule has 0 radical (unpaired) electrons. The Labute approximate surface area is 235 Å². The summed E-state index contributed by atoms with van der Waals surface area (Å²) in [6.45, 7) is -0.166. The molecule has 0 fully saturated rings. The number of thiophene rings is 1. The van der Waals surface area contributed by atoms with E-state index in [1.165, 1.54) is 6.07 Å². The summed E-state index contributed by atoms with van der Waals surface area (Å²) in [5.41, 5.74) is 1.72. The van der Waals surface area contributed by atoms with Gasteiger partial charge in [-0.05, 0) is 17.2 Å². The van der Waals surface area contributed by atoms with Gasteiger partial charge in [-0.15, -0.1) is 11.3 Å². The molecule has 14 heteroatoms. The second kappa shape index (κ2) is 14.8. The van der Waals surface area contributed by atoms with E-state index in [0.717, 1.165) is 16.9 Å². The quantitative estimate of drug-likeness (QED) is 0.166. The SMILES string of the molecule is O=C(CCNC(=O)c1csc(NC(=O)NCc2ccccc2)c1)NC[C@H](NS(=O)(=O)Cc1ccccc1)C(=O)O. The lowest BCUT2D eigenvalue weighted by molar-refractivity contribution is -0.138. The van der Waals surface area contributed by atoms with E-state index in [9.17, 15) is 32.7 Å². The molecule has 40 heavy (non-hydrogen) atoms. The van der Waals surface area contributed by atoms with Crippen LogP contribution in [0.1, 0.15) is 27.9 Å². The molecule has 6 N–H and O–H groups in total. The minimum atomic E-state index is -3.98. The number of urea groups is 1. The van der Waals surface area contributed by atoms with Crippen LogP contribution in [0.3, 0.4) is 0 Å². The van der Waals surface area contributed by atoms with E-state index in [0.29, 0.717) is 22.7 Å². The van der Waals surface area contributed by atoms with E-state index >= 15 is 0 Å². The molecule has 0 bridgehead atoms. The van der Waals surface area contributed by atoms with Crippen molar-refractivity contribution < 1.29 is 32.7 Å². The Balaban J connectivity index is 1.37. The molecule has 4 amide bonds.